The van der Waals surface area contributed by atoms with Gasteiger partial charge in [-0.3, -0.25) is 4.90 Å². The minimum absolute atomic E-state index is 0.0842. The lowest BCUT2D eigenvalue weighted by molar-refractivity contribution is 0.477. The van der Waals surface area contributed by atoms with Crippen LogP contribution < -0.4 is 4.90 Å². The molecule has 0 radical (unpaired) electrons. The number of benzene rings is 6. The third-order valence-electron chi connectivity index (χ3n) is 10.7. The zero-order chi connectivity index (χ0) is 39.5. The summed E-state index contributed by atoms with van der Waals surface area (Å²) in [4.78, 5) is 17.4. The Balaban J connectivity index is 1.40. The molecule has 280 valence electrons. The Kier molecular flexibility index (Phi) is 8.66. The number of furan rings is 1. The van der Waals surface area contributed by atoms with Gasteiger partial charge in [0.05, 0.1) is 11.3 Å². The van der Waals surface area contributed by atoms with E-state index in [4.69, 9.17) is 19.4 Å². The Hall–Kier alpha value is -6.79. The maximum absolute atomic E-state index is 11.1. The van der Waals surface area contributed by atoms with Crippen LogP contribution in [-0.2, 0) is 10.8 Å². The van der Waals surface area contributed by atoms with Gasteiger partial charge in [-0.25, -0.2) is 15.0 Å². The van der Waals surface area contributed by atoms with Crippen molar-refractivity contribution in [2.45, 2.75) is 52.4 Å². The molecule has 0 aliphatic heterocycles. The Bertz CT molecular complexity index is 2920. The summed E-state index contributed by atoms with van der Waals surface area (Å²) in [5, 5.41) is 14.2. The fourth-order valence-electron chi connectivity index (χ4n) is 7.56. The van der Waals surface area contributed by atoms with Crippen LogP contribution in [0.25, 0.3) is 66.6 Å². The number of nitrogens with zero attached hydrogens (tertiary/aromatic N) is 4. The van der Waals surface area contributed by atoms with Crippen molar-refractivity contribution < 1.29 is 9.52 Å². The minimum Gasteiger partial charge on any atom is -0.507 e. The first-order chi connectivity index (χ1) is 27.4. The minimum atomic E-state index is -0.0842. The molecule has 1 N–H and O–H groups in total. The summed E-state index contributed by atoms with van der Waals surface area (Å²) in [6, 6.07) is 49.6. The molecule has 0 bridgehead atoms. The zero-order valence-electron chi connectivity index (χ0n) is 33.1. The molecule has 0 aliphatic carbocycles. The Morgan fingerprint density at radius 2 is 1.23 bits per heavy atom. The van der Waals surface area contributed by atoms with Crippen LogP contribution in [0.4, 0.5) is 17.2 Å². The summed E-state index contributed by atoms with van der Waals surface area (Å²) in [7, 11) is 0. The molecule has 3 heterocycles. The van der Waals surface area contributed by atoms with Gasteiger partial charge < -0.3 is 9.52 Å². The lowest BCUT2D eigenvalue weighted by Gasteiger charge is -2.28. The third kappa shape index (κ3) is 6.67. The normalized spacial score (nSPS) is 12.1. The number of aromatic nitrogens is 3. The second kappa shape index (κ2) is 13.7. The topological polar surface area (TPSA) is 75.3 Å². The number of para-hydroxylation sites is 2. The smallest absolute Gasteiger partial charge is 0.180 e. The van der Waals surface area contributed by atoms with Crippen LogP contribution in [-0.4, -0.2) is 20.1 Å². The number of hydrogen-bond donors (Lipinski definition) is 1. The van der Waals surface area contributed by atoms with Crippen molar-refractivity contribution in [1.82, 2.24) is 15.0 Å². The molecular formula is C51H44N4O2. The highest BCUT2D eigenvalue weighted by Crippen LogP contribution is 2.45. The van der Waals surface area contributed by atoms with E-state index >= 15 is 0 Å². The quantitative estimate of drug-likeness (QED) is 0.183. The van der Waals surface area contributed by atoms with E-state index < -0.39 is 0 Å². The van der Waals surface area contributed by atoms with Crippen LogP contribution >= 0.6 is 0 Å². The summed E-state index contributed by atoms with van der Waals surface area (Å²) in [6.45, 7) is 13.6. The number of pyridine rings is 1. The van der Waals surface area contributed by atoms with Gasteiger partial charge in [-0.1, -0.05) is 126 Å². The molecule has 9 rings (SSSR count). The highest BCUT2D eigenvalue weighted by molar-refractivity contribution is 6.08. The molecule has 0 saturated heterocycles. The van der Waals surface area contributed by atoms with Crippen LogP contribution in [0.3, 0.4) is 0 Å². The van der Waals surface area contributed by atoms with Crippen LogP contribution in [0, 0.1) is 0 Å². The van der Waals surface area contributed by atoms with Crippen molar-refractivity contribution in [1.29, 1.82) is 0 Å². The first-order valence-corrected chi connectivity index (χ1v) is 19.4. The molecule has 0 saturated carbocycles. The van der Waals surface area contributed by atoms with Crippen molar-refractivity contribution in [3.05, 3.63) is 163 Å². The first kappa shape index (κ1) is 35.9. The predicted octanol–water partition coefficient (Wildman–Crippen LogP) is 13.7. The van der Waals surface area contributed by atoms with Crippen molar-refractivity contribution in [2.75, 3.05) is 4.90 Å². The maximum Gasteiger partial charge on any atom is 0.180 e. The highest BCUT2D eigenvalue weighted by atomic mass is 16.3. The lowest BCUT2D eigenvalue weighted by atomic mass is 9.79. The lowest BCUT2D eigenvalue weighted by Crippen LogP contribution is -2.16. The van der Waals surface area contributed by atoms with Gasteiger partial charge in [0, 0.05) is 28.2 Å². The van der Waals surface area contributed by atoms with Gasteiger partial charge >= 0.3 is 0 Å². The number of rotatable bonds is 6. The molecule has 0 aliphatic rings. The number of phenolic OH excluding ortho intramolecular Hbond substituents is 1. The van der Waals surface area contributed by atoms with E-state index in [0.717, 1.165) is 50.0 Å². The van der Waals surface area contributed by atoms with Crippen LogP contribution in [0.2, 0.25) is 0 Å². The van der Waals surface area contributed by atoms with Crippen LogP contribution in [0.15, 0.2) is 156 Å². The Labute approximate surface area is 333 Å². The number of phenols is 1. The van der Waals surface area contributed by atoms with E-state index in [2.05, 4.69) is 125 Å². The second-order valence-corrected chi connectivity index (χ2v) is 16.8. The molecule has 6 heteroatoms. The average Bonchev–Trinajstić information content (AvgIpc) is 3.59. The van der Waals surface area contributed by atoms with Gasteiger partial charge in [0.25, 0.3) is 0 Å². The molecule has 0 atom stereocenters. The average molecular weight is 745 g/mol. The van der Waals surface area contributed by atoms with E-state index in [1.165, 1.54) is 11.1 Å². The molecule has 9 aromatic rings. The number of anilines is 3. The molecular weight excluding hydrogens is 701 g/mol. The van der Waals surface area contributed by atoms with Crippen molar-refractivity contribution in [3.8, 4) is 39.5 Å². The summed E-state index contributed by atoms with van der Waals surface area (Å²) < 4.78 is 6.65. The fraction of sp³-hybridized carbons (Fsp3) is 0.157. The summed E-state index contributed by atoms with van der Waals surface area (Å²) in [6.07, 6.45) is 1.83. The van der Waals surface area contributed by atoms with Gasteiger partial charge in [-0.15, -0.1) is 0 Å². The molecule has 0 amide bonds. The molecule has 3 aromatic heterocycles. The van der Waals surface area contributed by atoms with E-state index in [-0.39, 0.29) is 16.6 Å². The zero-order valence-corrected chi connectivity index (χ0v) is 33.1. The number of aromatic hydroxyl groups is 1. The van der Waals surface area contributed by atoms with E-state index in [1.54, 1.807) is 12.1 Å². The first-order valence-electron chi connectivity index (χ1n) is 19.4. The van der Waals surface area contributed by atoms with Gasteiger partial charge in [0.2, 0.25) is 0 Å². The molecule has 6 nitrogen and oxygen atoms in total. The molecule has 6 aromatic carbocycles. The number of hydrogen-bond acceptors (Lipinski definition) is 6. The monoisotopic (exact) mass is 744 g/mol. The van der Waals surface area contributed by atoms with Gasteiger partial charge in [0.15, 0.2) is 11.4 Å². The van der Waals surface area contributed by atoms with E-state index in [0.29, 0.717) is 33.8 Å². The summed E-state index contributed by atoms with van der Waals surface area (Å²) in [5.74, 6) is 1.30. The second-order valence-electron chi connectivity index (χ2n) is 16.8. The SMILES string of the molecule is CC(C)(C)c1cc(-c2cc(-c3nc(-c4ccccc4O)nc4c3oc3ccccc34)cc(N(c3ccccn3)c3cccc4ccccc34)c2)cc(C(C)(C)C)c1. The fourth-order valence-corrected chi connectivity index (χ4v) is 7.56. The summed E-state index contributed by atoms with van der Waals surface area (Å²) in [5.41, 5.74) is 10.4. The number of fused-ring (bicyclic) bond motifs is 4. The van der Waals surface area contributed by atoms with E-state index in [1.807, 2.05) is 60.8 Å². The van der Waals surface area contributed by atoms with E-state index in [9.17, 15) is 5.11 Å². The molecule has 57 heavy (non-hydrogen) atoms. The Morgan fingerprint density at radius 3 is 1.96 bits per heavy atom. The van der Waals surface area contributed by atoms with Crippen molar-refractivity contribution in [2.24, 2.45) is 0 Å². The molecule has 0 spiro atoms. The standard InChI is InChI=1S/C51H44N4O2/c1-50(2,3)36-27-34(28-37(31-36)51(4,5)6)33-26-35(30-38(29-33)55(45-24-13-14-25-52-45)42-21-15-17-32-16-7-8-18-39(32)42)46-48-47(41-20-10-12-23-44(41)57-48)54-49(53-46)40-19-9-11-22-43(40)56/h7-31,56H,1-6H3. The van der Waals surface area contributed by atoms with Crippen LogP contribution in [0.1, 0.15) is 52.7 Å². The van der Waals surface area contributed by atoms with Gasteiger partial charge in [-0.2, -0.15) is 0 Å². The highest BCUT2D eigenvalue weighted by Gasteiger charge is 2.25. The Morgan fingerprint density at radius 1 is 0.579 bits per heavy atom. The van der Waals surface area contributed by atoms with Gasteiger partial charge in [-0.05, 0) is 99.1 Å². The molecule has 0 fully saturated rings. The van der Waals surface area contributed by atoms with Gasteiger partial charge in [0.1, 0.15) is 28.4 Å². The van der Waals surface area contributed by atoms with Crippen LogP contribution in [0.5, 0.6) is 5.75 Å². The largest absolute Gasteiger partial charge is 0.507 e. The van der Waals surface area contributed by atoms with Crippen molar-refractivity contribution in [3.63, 3.8) is 0 Å². The third-order valence-corrected chi connectivity index (χ3v) is 10.7. The molecule has 0 unspecified atom stereocenters. The summed E-state index contributed by atoms with van der Waals surface area (Å²) >= 11 is 0. The van der Waals surface area contributed by atoms with Crippen molar-refractivity contribution >= 4 is 50.0 Å². The maximum atomic E-state index is 11.1. The predicted molar refractivity (Wildman–Crippen MR) is 235 cm³/mol.